The van der Waals surface area contributed by atoms with Gasteiger partial charge in [0.1, 0.15) is 5.78 Å². The van der Waals surface area contributed by atoms with Crippen LogP contribution in [0.1, 0.15) is 29.2 Å². The van der Waals surface area contributed by atoms with Crippen molar-refractivity contribution in [1.82, 2.24) is 9.78 Å². The van der Waals surface area contributed by atoms with Crippen LogP contribution in [-0.2, 0) is 17.8 Å². The Hall–Kier alpha value is -2.72. The Bertz CT molecular complexity index is 1050. The molecule has 0 bridgehead atoms. The Morgan fingerprint density at radius 3 is 2.30 bits per heavy atom. The first-order valence-corrected chi connectivity index (χ1v) is 9.14. The van der Waals surface area contributed by atoms with Crippen LogP contribution in [0.3, 0.4) is 0 Å². The van der Waals surface area contributed by atoms with Crippen LogP contribution >= 0.6 is 11.6 Å². The molecule has 0 saturated heterocycles. The minimum Gasteiger partial charge on any atom is -0.300 e. The number of rotatable bonds is 5. The van der Waals surface area contributed by atoms with E-state index in [1.807, 2.05) is 56.3 Å². The summed E-state index contributed by atoms with van der Waals surface area (Å²) in [6, 6.07) is 15.3. The molecule has 3 rings (SSSR count). The summed E-state index contributed by atoms with van der Waals surface area (Å²) in [5.74, 6) is -0.0620. The smallest absolute Gasteiger partial charge is 0.270 e. The molecule has 2 aromatic carbocycles. The summed E-state index contributed by atoms with van der Waals surface area (Å²) in [6.45, 7) is 5.71. The van der Waals surface area contributed by atoms with Crippen LogP contribution in [0.25, 0.3) is 11.3 Å². The molecule has 0 unspecified atom stereocenters. The number of hydrogen-bond acceptors (Lipinski definition) is 3. The molecule has 5 heteroatoms. The van der Waals surface area contributed by atoms with Gasteiger partial charge in [0.15, 0.2) is 0 Å². The van der Waals surface area contributed by atoms with Crippen molar-refractivity contribution in [2.24, 2.45) is 0 Å². The van der Waals surface area contributed by atoms with Crippen molar-refractivity contribution in [3.8, 4) is 11.3 Å². The van der Waals surface area contributed by atoms with E-state index in [1.165, 1.54) is 11.6 Å². The van der Waals surface area contributed by atoms with E-state index >= 15 is 0 Å². The lowest BCUT2D eigenvalue weighted by molar-refractivity contribution is -0.116. The van der Waals surface area contributed by atoms with Gasteiger partial charge in [0.25, 0.3) is 5.56 Å². The van der Waals surface area contributed by atoms with Crippen LogP contribution in [0.4, 0.5) is 0 Å². The third-order valence-electron chi connectivity index (χ3n) is 4.36. The highest BCUT2D eigenvalue weighted by Gasteiger charge is 2.13. The van der Waals surface area contributed by atoms with Gasteiger partial charge in [-0.25, -0.2) is 4.68 Å². The van der Waals surface area contributed by atoms with Gasteiger partial charge in [0.2, 0.25) is 0 Å². The van der Waals surface area contributed by atoms with Crippen molar-refractivity contribution >= 4 is 17.4 Å². The number of ketones is 1. The van der Waals surface area contributed by atoms with Gasteiger partial charge in [0.05, 0.1) is 12.2 Å². The van der Waals surface area contributed by atoms with Gasteiger partial charge < -0.3 is 0 Å². The van der Waals surface area contributed by atoms with E-state index in [4.69, 9.17) is 11.6 Å². The number of hydrogen-bond donors (Lipinski definition) is 0. The van der Waals surface area contributed by atoms with Gasteiger partial charge >= 0.3 is 0 Å². The van der Waals surface area contributed by atoms with E-state index in [9.17, 15) is 9.59 Å². The van der Waals surface area contributed by atoms with Crippen LogP contribution in [0, 0.1) is 13.8 Å². The standard InChI is InChI=1S/C22H21ClN2O2/c1-14-4-7-17(8-5-14)21-12-19(11-16(3)26)22(27)25(24-21)13-18-9-6-15(2)10-20(18)23/h4-10,12H,11,13H2,1-3H3. The molecule has 0 atom stereocenters. The third-order valence-corrected chi connectivity index (χ3v) is 4.72. The van der Waals surface area contributed by atoms with Crippen molar-refractivity contribution in [2.75, 3.05) is 0 Å². The van der Waals surface area contributed by atoms with Crippen LogP contribution in [-0.4, -0.2) is 15.6 Å². The quantitative estimate of drug-likeness (QED) is 0.660. The van der Waals surface area contributed by atoms with Crippen LogP contribution < -0.4 is 5.56 Å². The second kappa shape index (κ2) is 7.89. The van der Waals surface area contributed by atoms with Crippen molar-refractivity contribution in [3.05, 3.63) is 86.2 Å². The van der Waals surface area contributed by atoms with Gasteiger partial charge in [0, 0.05) is 22.6 Å². The highest BCUT2D eigenvalue weighted by atomic mass is 35.5. The number of nitrogens with zero attached hydrogens (tertiary/aromatic N) is 2. The Morgan fingerprint density at radius 2 is 1.67 bits per heavy atom. The molecule has 0 spiro atoms. The van der Waals surface area contributed by atoms with Gasteiger partial charge in [-0.15, -0.1) is 0 Å². The number of halogens is 1. The number of carbonyl (C=O) groups excluding carboxylic acids is 1. The zero-order valence-corrected chi connectivity index (χ0v) is 16.4. The van der Waals surface area contributed by atoms with Crippen molar-refractivity contribution < 1.29 is 4.79 Å². The lowest BCUT2D eigenvalue weighted by Gasteiger charge is -2.12. The van der Waals surface area contributed by atoms with Crippen LogP contribution in [0.5, 0.6) is 0 Å². The summed E-state index contributed by atoms with van der Waals surface area (Å²) in [7, 11) is 0. The minimum absolute atomic E-state index is 0.0620. The molecular formula is C22H21ClN2O2. The first-order chi connectivity index (χ1) is 12.8. The molecule has 0 aliphatic carbocycles. The Morgan fingerprint density at radius 1 is 1.00 bits per heavy atom. The fraction of sp³-hybridized carbons (Fsp3) is 0.227. The molecule has 1 heterocycles. The van der Waals surface area contributed by atoms with Crippen LogP contribution in [0.15, 0.2) is 53.3 Å². The van der Waals surface area contributed by atoms with Gasteiger partial charge in [-0.1, -0.05) is 53.6 Å². The molecule has 27 heavy (non-hydrogen) atoms. The van der Waals surface area contributed by atoms with E-state index in [0.717, 1.165) is 22.3 Å². The maximum absolute atomic E-state index is 12.8. The predicted octanol–water partition coefficient (Wildman–Crippen LogP) is 4.36. The second-order valence-electron chi connectivity index (χ2n) is 6.86. The third kappa shape index (κ3) is 4.52. The number of carbonyl (C=O) groups is 1. The monoisotopic (exact) mass is 380 g/mol. The van der Waals surface area contributed by atoms with E-state index in [-0.39, 0.29) is 24.3 Å². The molecule has 0 fully saturated rings. The molecule has 0 amide bonds. The van der Waals surface area contributed by atoms with Crippen molar-refractivity contribution in [1.29, 1.82) is 0 Å². The topological polar surface area (TPSA) is 52.0 Å². The normalized spacial score (nSPS) is 10.8. The van der Waals surface area contributed by atoms with E-state index in [2.05, 4.69) is 5.10 Å². The minimum atomic E-state index is -0.266. The molecule has 0 aliphatic rings. The largest absolute Gasteiger partial charge is 0.300 e. The van der Waals surface area contributed by atoms with Gasteiger partial charge in [-0.3, -0.25) is 9.59 Å². The maximum Gasteiger partial charge on any atom is 0.270 e. The predicted molar refractivity (Wildman–Crippen MR) is 108 cm³/mol. The molecule has 3 aromatic rings. The summed E-state index contributed by atoms with van der Waals surface area (Å²) in [6.07, 6.45) is 0.0852. The van der Waals surface area contributed by atoms with E-state index in [0.29, 0.717) is 16.3 Å². The second-order valence-corrected chi connectivity index (χ2v) is 7.26. The van der Waals surface area contributed by atoms with E-state index in [1.54, 1.807) is 6.07 Å². The van der Waals surface area contributed by atoms with Crippen LogP contribution in [0.2, 0.25) is 5.02 Å². The molecular weight excluding hydrogens is 360 g/mol. The maximum atomic E-state index is 12.8. The summed E-state index contributed by atoms with van der Waals surface area (Å²) in [5.41, 5.74) is 4.74. The summed E-state index contributed by atoms with van der Waals surface area (Å²) < 4.78 is 1.39. The molecule has 0 N–H and O–H groups in total. The molecule has 4 nitrogen and oxygen atoms in total. The number of aromatic nitrogens is 2. The summed E-state index contributed by atoms with van der Waals surface area (Å²) in [5, 5.41) is 5.13. The zero-order chi connectivity index (χ0) is 19.6. The number of Topliss-reactive ketones (excluding diaryl/α,β-unsaturated/α-hetero) is 1. The highest BCUT2D eigenvalue weighted by molar-refractivity contribution is 6.31. The lowest BCUT2D eigenvalue weighted by Crippen LogP contribution is -2.28. The first-order valence-electron chi connectivity index (χ1n) is 8.76. The molecule has 1 aromatic heterocycles. The summed E-state index contributed by atoms with van der Waals surface area (Å²) in [4.78, 5) is 24.5. The SMILES string of the molecule is CC(=O)Cc1cc(-c2ccc(C)cc2)nn(Cc2ccc(C)cc2Cl)c1=O. The molecule has 0 saturated carbocycles. The highest BCUT2D eigenvalue weighted by Crippen LogP contribution is 2.20. The number of aryl methyl sites for hydroxylation is 2. The zero-order valence-electron chi connectivity index (χ0n) is 15.6. The first kappa shape index (κ1) is 19.1. The molecule has 0 aliphatic heterocycles. The van der Waals surface area contributed by atoms with Gasteiger partial charge in [-0.05, 0) is 44.0 Å². The Balaban J connectivity index is 2.10. The van der Waals surface area contributed by atoms with E-state index < -0.39 is 0 Å². The average Bonchev–Trinajstić information content (AvgIpc) is 2.60. The Kier molecular flexibility index (Phi) is 5.57. The average molecular weight is 381 g/mol. The lowest BCUT2D eigenvalue weighted by atomic mass is 10.1. The fourth-order valence-electron chi connectivity index (χ4n) is 2.91. The van der Waals surface area contributed by atoms with Crippen molar-refractivity contribution in [3.63, 3.8) is 0 Å². The molecule has 0 radical (unpaired) electrons. The van der Waals surface area contributed by atoms with Gasteiger partial charge in [-0.2, -0.15) is 5.10 Å². The van der Waals surface area contributed by atoms with Crippen molar-refractivity contribution in [2.45, 2.75) is 33.7 Å². The Labute approximate surface area is 163 Å². The number of benzene rings is 2. The molecule has 138 valence electrons. The summed E-state index contributed by atoms with van der Waals surface area (Å²) >= 11 is 6.33. The fourth-order valence-corrected chi connectivity index (χ4v) is 3.20.